The maximum atomic E-state index is 13.6. The highest BCUT2D eigenvalue weighted by molar-refractivity contribution is 5.85. The Morgan fingerprint density at radius 2 is 1.87 bits per heavy atom. The number of rotatable bonds is 4. The van der Waals surface area contributed by atoms with Gasteiger partial charge < -0.3 is 10.1 Å². The van der Waals surface area contributed by atoms with Crippen LogP contribution in [0.25, 0.3) is 0 Å². The zero-order valence-electron chi connectivity index (χ0n) is 13.9. The highest BCUT2D eigenvalue weighted by atomic mass is 35.5. The molecule has 0 radical (unpaired) electrons. The molecule has 3 rings (SSSR count). The quantitative estimate of drug-likeness (QED) is 0.901. The zero-order chi connectivity index (χ0) is 15.4. The number of piperazine rings is 1. The Hall–Kier alpha value is -0.840. The molecule has 23 heavy (non-hydrogen) atoms. The van der Waals surface area contributed by atoms with Crippen LogP contribution in [0.4, 0.5) is 4.39 Å². The fourth-order valence-corrected chi connectivity index (χ4v) is 4.09. The first kappa shape index (κ1) is 18.5. The van der Waals surface area contributed by atoms with Crippen molar-refractivity contribution in [2.45, 2.75) is 38.1 Å². The van der Waals surface area contributed by atoms with Crippen LogP contribution in [0.3, 0.4) is 0 Å². The van der Waals surface area contributed by atoms with E-state index in [9.17, 15) is 4.39 Å². The van der Waals surface area contributed by atoms with Gasteiger partial charge in [-0.1, -0.05) is 25.3 Å². The lowest BCUT2D eigenvalue weighted by Crippen LogP contribution is -2.47. The van der Waals surface area contributed by atoms with Crippen LogP contribution in [0.5, 0.6) is 5.75 Å². The molecule has 1 aromatic rings. The predicted molar refractivity (Wildman–Crippen MR) is 94.0 cm³/mol. The summed E-state index contributed by atoms with van der Waals surface area (Å²) in [6.07, 6.45) is 6.53. The molecule has 1 N–H and O–H groups in total. The van der Waals surface area contributed by atoms with Gasteiger partial charge in [0.15, 0.2) is 0 Å². The minimum absolute atomic E-state index is 0. The third-order valence-electron chi connectivity index (χ3n) is 5.16. The number of ether oxygens (including phenoxy) is 1. The molecule has 2 fully saturated rings. The van der Waals surface area contributed by atoms with Gasteiger partial charge in [0, 0.05) is 43.9 Å². The van der Waals surface area contributed by atoms with E-state index in [-0.39, 0.29) is 18.2 Å². The van der Waals surface area contributed by atoms with Crippen LogP contribution in [-0.2, 0) is 0 Å². The van der Waals surface area contributed by atoms with Gasteiger partial charge in [0.2, 0.25) is 0 Å². The fraction of sp³-hybridized carbons (Fsp3) is 0.667. The molecule has 1 saturated heterocycles. The number of hydrogen-bond donors (Lipinski definition) is 1. The van der Waals surface area contributed by atoms with E-state index in [1.54, 1.807) is 13.2 Å². The van der Waals surface area contributed by atoms with Crippen molar-refractivity contribution in [3.63, 3.8) is 0 Å². The summed E-state index contributed by atoms with van der Waals surface area (Å²) in [5.74, 6) is 1.14. The average Bonchev–Trinajstić information content (AvgIpc) is 2.58. The van der Waals surface area contributed by atoms with E-state index in [0.717, 1.165) is 31.7 Å². The molecular formula is C18H28ClFN2O. The molecule has 1 atom stereocenters. The maximum Gasteiger partial charge on any atom is 0.126 e. The lowest BCUT2D eigenvalue weighted by atomic mass is 9.80. The smallest absolute Gasteiger partial charge is 0.126 e. The molecule has 0 amide bonds. The van der Waals surface area contributed by atoms with Crippen LogP contribution in [0, 0.1) is 11.7 Å². The molecule has 130 valence electrons. The van der Waals surface area contributed by atoms with Gasteiger partial charge in [-0.25, -0.2) is 4.39 Å². The van der Waals surface area contributed by atoms with Crippen molar-refractivity contribution < 1.29 is 9.13 Å². The lowest BCUT2D eigenvalue weighted by molar-refractivity contribution is 0.101. The molecule has 3 nitrogen and oxygen atoms in total. The Labute approximate surface area is 145 Å². The van der Waals surface area contributed by atoms with Gasteiger partial charge in [-0.15, -0.1) is 12.4 Å². The van der Waals surface area contributed by atoms with Crippen molar-refractivity contribution in [2.75, 3.05) is 33.3 Å². The third kappa shape index (κ3) is 4.37. The second-order valence-electron chi connectivity index (χ2n) is 6.52. The summed E-state index contributed by atoms with van der Waals surface area (Å²) >= 11 is 0. The Morgan fingerprint density at radius 3 is 2.52 bits per heavy atom. The largest absolute Gasteiger partial charge is 0.496 e. The monoisotopic (exact) mass is 342 g/mol. The summed E-state index contributed by atoms with van der Waals surface area (Å²) in [6.45, 7) is 4.18. The van der Waals surface area contributed by atoms with Crippen molar-refractivity contribution in [3.8, 4) is 5.75 Å². The van der Waals surface area contributed by atoms with Crippen LogP contribution in [0.1, 0.15) is 43.7 Å². The lowest BCUT2D eigenvalue weighted by Gasteiger charge is -2.41. The van der Waals surface area contributed by atoms with Crippen LogP contribution in [0.2, 0.25) is 0 Å². The number of methoxy groups -OCH3 is 1. The SMILES string of the molecule is COc1cc(F)ccc1[C@@H](C1CCCCC1)N1CCNCC1.Cl. The van der Waals surface area contributed by atoms with Crippen LogP contribution in [0.15, 0.2) is 18.2 Å². The number of hydrogen-bond acceptors (Lipinski definition) is 3. The highest BCUT2D eigenvalue weighted by Gasteiger charge is 2.32. The van der Waals surface area contributed by atoms with Gasteiger partial charge in [-0.3, -0.25) is 4.90 Å². The van der Waals surface area contributed by atoms with Crippen molar-refractivity contribution >= 4 is 12.4 Å². The highest BCUT2D eigenvalue weighted by Crippen LogP contribution is 2.41. The normalized spacial score (nSPS) is 21.5. The number of benzene rings is 1. The predicted octanol–water partition coefficient (Wildman–Crippen LogP) is 3.78. The van der Waals surface area contributed by atoms with Gasteiger partial charge in [-0.05, 0) is 24.8 Å². The van der Waals surface area contributed by atoms with E-state index in [1.165, 1.54) is 38.2 Å². The second kappa shape index (κ2) is 8.86. The number of nitrogens with one attached hydrogen (secondary N) is 1. The average molecular weight is 343 g/mol. The molecule has 0 spiro atoms. The molecular weight excluding hydrogens is 315 g/mol. The maximum absolute atomic E-state index is 13.6. The Kier molecular flexibility index (Phi) is 7.12. The third-order valence-corrected chi connectivity index (χ3v) is 5.16. The first-order valence-electron chi connectivity index (χ1n) is 8.58. The Balaban J connectivity index is 0.00000192. The number of nitrogens with zero attached hydrogens (tertiary/aromatic N) is 1. The zero-order valence-corrected chi connectivity index (χ0v) is 14.7. The molecule has 1 saturated carbocycles. The van der Waals surface area contributed by atoms with Gasteiger partial charge in [-0.2, -0.15) is 0 Å². The summed E-state index contributed by atoms with van der Waals surface area (Å²) in [6, 6.07) is 5.41. The van der Waals surface area contributed by atoms with E-state index < -0.39 is 0 Å². The minimum atomic E-state index is -0.219. The molecule has 1 aliphatic heterocycles. The summed E-state index contributed by atoms with van der Waals surface area (Å²) < 4.78 is 19.1. The molecule has 2 aliphatic rings. The minimum Gasteiger partial charge on any atom is -0.496 e. The van der Waals surface area contributed by atoms with Crippen molar-refractivity contribution in [3.05, 3.63) is 29.6 Å². The van der Waals surface area contributed by atoms with Gasteiger partial charge >= 0.3 is 0 Å². The Bertz CT molecular complexity index is 470. The molecule has 1 aromatic carbocycles. The molecule has 5 heteroatoms. The molecule has 1 aliphatic carbocycles. The van der Waals surface area contributed by atoms with E-state index in [4.69, 9.17) is 4.74 Å². The molecule has 0 bridgehead atoms. The van der Waals surface area contributed by atoms with Crippen molar-refractivity contribution in [2.24, 2.45) is 5.92 Å². The standard InChI is InChI=1S/C18H27FN2O.ClH/c1-22-17-13-15(19)7-8-16(17)18(14-5-3-2-4-6-14)21-11-9-20-10-12-21;/h7-8,13-14,18,20H,2-6,9-12H2,1H3;1H/t18-;/m1./s1. The first-order valence-corrected chi connectivity index (χ1v) is 8.58. The van der Waals surface area contributed by atoms with Crippen LogP contribution >= 0.6 is 12.4 Å². The van der Waals surface area contributed by atoms with E-state index in [1.807, 2.05) is 6.07 Å². The molecule has 0 unspecified atom stereocenters. The van der Waals surface area contributed by atoms with E-state index in [0.29, 0.717) is 17.7 Å². The topological polar surface area (TPSA) is 24.5 Å². The van der Waals surface area contributed by atoms with Gasteiger partial charge in [0.1, 0.15) is 11.6 Å². The number of halogens is 2. The van der Waals surface area contributed by atoms with E-state index in [2.05, 4.69) is 10.2 Å². The van der Waals surface area contributed by atoms with Gasteiger partial charge in [0.05, 0.1) is 7.11 Å². The molecule has 0 aromatic heterocycles. The first-order chi connectivity index (χ1) is 10.8. The van der Waals surface area contributed by atoms with Crippen molar-refractivity contribution in [1.82, 2.24) is 10.2 Å². The Morgan fingerprint density at radius 1 is 1.17 bits per heavy atom. The summed E-state index contributed by atoms with van der Waals surface area (Å²) in [4.78, 5) is 2.57. The molecule has 1 heterocycles. The van der Waals surface area contributed by atoms with Crippen LogP contribution in [-0.4, -0.2) is 38.2 Å². The summed E-state index contributed by atoms with van der Waals surface area (Å²) in [7, 11) is 1.65. The van der Waals surface area contributed by atoms with E-state index >= 15 is 0 Å². The summed E-state index contributed by atoms with van der Waals surface area (Å²) in [5, 5.41) is 3.43. The fourth-order valence-electron chi connectivity index (χ4n) is 4.09. The second-order valence-corrected chi connectivity index (χ2v) is 6.52. The van der Waals surface area contributed by atoms with Crippen molar-refractivity contribution in [1.29, 1.82) is 0 Å². The summed E-state index contributed by atoms with van der Waals surface area (Å²) in [5.41, 5.74) is 1.16. The van der Waals surface area contributed by atoms with Gasteiger partial charge in [0.25, 0.3) is 0 Å². The van der Waals surface area contributed by atoms with Crippen LogP contribution < -0.4 is 10.1 Å².